The van der Waals surface area contributed by atoms with E-state index in [0.717, 1.165) is 16.5 Å². The van der Waals surface area contributed by atoms with Gasteiger partial charge in [-0.25, -0.2) is 4.79 Å². The van der Waals surface area contributed by atoms with Crippen LogP contribution in [0.1, 0.15) is 44.1 Å². The monoisotopic (exact) mass is 619 g/mol. The van der Waals surface area contributed by atoms with Crippen LogP contribution in [0.3, 0.4) is 0 Å². The second-order valence-corrected chi connectivity index (χ2v) is 11.2. The average molecular weight is 620 g/mol. The third kappa shape index (κ3) is 12.1. The quantitative estimate of drug-likeness (QED) is 0.0522. The van der Waals surface area contributed by atoms with Gasteiger partial charge in [0.15, 0.2) is 5.96 Å². The molecule has 14 nitrogen and oxygen atoms in total. The molecule has 15 heteroatoms. The van der Waals surface area contributed by atoms with Crippen LogP contribution in [0.4, 0.5) is 0 Å². The number of aliphatic imine (C=N–C) groups is 1. The number of amides is 3. The van der Waals surface area contributed by atoms with E-state index in [0.29, 0.717) is 31.6 Å². The minimum absolute atomic E-state index is 0.0904. The van der Waals surface area contributed by atoms with Crippen molar-refractivity contribution in [2.45, 2.75) is 69.1 Å². The van der Waals surface area contributed by atoms with Gasteiger partial charge in [0.1, 0.15) is 18.1 Å². The Bertz CT molecular complexity index is 1230. The van der Waals surface area contributed by atoms with E-state index >= 15 is 0 Å². The predicted molar refractivity (Wildman–Crippen MR) is 169 cm³/mol. The summed E-state index contributed by atoms with van der Waals surface area (Å²) in [6.45, 7) is 0.627. The van der Waals surface area contributed by atoms with Crippen LogP contribution in [0.25, 0.3) is 10.9 Å². The fourth-order valence-electron chi connectivity index (χ4n) is 4.48. The second-order valence-electron chi connectivity index (χ2n) is 10.2. The van der Waals surface area contributed by atoms with Gasteiger partial charge in [0, 0.05) is 23.6 Å². The number of guanidine groups is 1. The molecule has 3 amide bonds. The van der Waals surface area contributed by atoms with Gasteiger partial charge in [-0.3, -0.25) is 19.4 Å². The smallest absolute Gasteiger partial charge is 0.326 e. The summed E-state index contributed by atoms with van der Waals surface area (Å²) in [5.74, 6) is -2.51. The summed E-state index contributed by atoms with van der Waals surface area (Å²) < 4.78 is 0. The predicted octanol–water partition coefficient (Wildman–Crippen LogP) is -0.488. The highest BCUT2D eigenvalue weighted by Gasteiger charge is 2.30. The zero-order chi connectivity index (χ0) is 31.8. The van der Waals surface area contributed by atoms with Gasteiger partial charge in [-0.15, -0.1) is 0 Å². The van der Waals surface area contributed by atoms with Crippen molar-refractivity contribution in [3.63, 3.8) is 0 Å². The molecule has 0 spiro atoms. The largest absolute Gasteiger partial charge is 0.480 e. The molecular weight excluding hydrogens is 574 g/mol. The molecule has 238 valence electrons. The molecule has 13 N–H and O–H groups in total. The molecule has 4 atom stereocenters. The number of carboxylic acid groups (broad SMARTS) is 1. The summed E-state index contributed by atoms with van der Waals surface area (Å²) in [5.41, 5.74) is 24.3. The lowest BCUT2D eigenvalue weighted by Gasteiger charge is -2.25. The number of nitrogens with two attached hydrogens (primary N) is 4. The Morgan fingerprint density at radius 2 is 1.56 bits per heavy atom. The molecule has 2 aromatic rings. The standard InChI is InChI=1S/C28H45N9O5S/c1-43-14-11-22(26(40)37-23(27(41)42)10-6-13-33-28(31)32)36-25(39)21(9-4-5-12-29)35-24(38)19(30)15-17-16-34-20-8-3-2-7-18(17)20/h2-3,7-8,16,19,21-23,34H,4-6,9-15,29-30H2,1H3,(H,35,38)(H,36,39)(H,37,40)(H,41,42)(H4,31,32,33). The van der Waals surface area contributed by atoms with Crippen molar-refractivity contribution in [1.29, 1.82) is 0 Å². The maximum Gasteiger partial charge on any atom is 0.326 e. The molecule has 0 aliphatic carbocycles. The minimum Gasteiger partial charge on any atom is -0.480 e. The number of H-pyrrole nitrogens is 1. The SMILES string of the molecule is CSCCC(NC(=O)C(CCCCN)NC(=O)C(N)Cc1c[nH]c2ccccc12)C(=O)NC(CCCN=C(N)N)C(=O)O. The van der Waals surface area contributed by atoms with Crippen molar-refractivity contribution in [1.82, 2.24) is 20.9 Å². The van der Waals surface area contributed by atoms with Crippen LogP contribution >= 0.6 is 11.8 Å². The molecule has 1 aromatic heterocycles. The summed E-state index contributed by atoms with van der Waals surface area (Å²) in [6.07, 6.45) is 6.07. The van der Waals surface area contributed by atoms with Crippen molar-refractivity contribution >= 4 is 52.3 Å². The number of hydrogen-bond acceptors (Lipinski definition) is 8. The molecule has 4 unspecified atom stereocenters. The third-order valence-corrected chi connectivity index (χ3v) is 7.48. The lowest BCUT2D eigenvalue weighted by atomic mass is 10.0. The lowest BCUT2D eigenvalue weighted by molar-refractivity contribution is -0.142. The van der Waals surface area contributed by atoms with Gasteiger partial charge in [0.2, 0.25) is 17.7 Å². The number of para-hydroxylation sites is 1. The van der Waals surface area contributed by atoms with E-state index in [1.54, 1.807) is 0 Å². The topological polar surface area (TPSA) is 257 Å². The summed E-state index contributed by atoms with van der Waals surface area (Å²) in [7, 11) is 0. The third-order valence-electron chi connectivity index (χ3n) is 6.83. The maximum absolute atomic E-state index is 13.4. The number of thioether (sulfide) groups is 1. The highest BCUT2D eigenvalue weighted by atomic mass is 32.2. The minimum atomic E-state index is -1.22. The van der Waals surface area contributed by atoms with Crippen LogP contribution in [-0.4, -0.2) is 89.0 Å². The number of carboxylic acids is 1. The van der Waals surface area contributed by atoms with Gasteiger partial charge in [-0.1, -0.05) is 18.2 Å². The van der Waals surface area contributed by atoms with Gasteiger partial charge in [-0.2, -0.15) is 11.8 Å². The average Bonchev–Trinajstić information content (AvgIpc) is 3.38. The number of nitrogens with one attached hydrogen (secondary N) is 4. The fraction of sp³-hybridized carbons (Fsp3) is 0.536. The Morgan fingerprint density at radius 3 is 2.21 bits per heavy atom. The van der Waals surface area contributed by atoms with Crippen LogP contribution in [-0.2, 0) is 25.6 Å². The van der Waals surface area contributed by atoms with Crippen molar-refractivity contribution in [2.75, 3.05) is 25.1 Å². The fourth-order valence-corrected chi connectivity index (χ4v) is 4.95. The number of aliphatic carboxylic acids is 1. The highest BCUT2D eigenvalue weighted by molar-refractivity contribution is 7.98. The Hall–Kier alpha value is -3.82. The molecule has 43 heavy (non-hydrogen) atoms. The number of hydrogen-bond donors (Lipinski definition) is 9. The molecule has 0 saturated carbocycles. The first-order valence-electron chi connectivity index (χ1n) is 14.3. The Kier molecular flexibility index (Phi) is 15.4. The van der Waals surface area contributed by atoms with Gasteiger partial charge in [0.05, 0.1) is 6.04 Å². The van der Waals surface area contributed by atoms with E-state index < -0.39 is 47.9 Å². The van der Waals surface area contributed by atoms with Crippen LogP contribution in [0.2, 0.25) is 0 Å². The first-order valence-corrected chi connectivity index (χ1v) is 15.7. The second kappa shape index (κ2) is 18.7. The number of aromatic nitrogens is 1. The molecule has 0 aliphatic heterocycles. The van der Waals surface area contributed by atoms with Crippen LogP contribution in [0.15, 0.2) is 35.5 Å². The zero-order valence-electron chi connectivity index (χ0n) is 24.5. The van der Waals surface area contributed by atoms with Crippen LogP contribution in [0.5, 0.6) is 0 Å². The van der Waals surface area contributed by atoms with Gasteiger partial charge < -0.3 is 49.0 Å². The number of rotatable bonds is 20. The number of benzene rings is 1. The van der Waals surface area contributed by atoms with Crippen LogP contribution in [0, 0.1) is 0 Å². The van der Waals surface area contributed by atoms with Gasteiger partial charge in [-0.05, 0) is 75.1 Å². The van der Waals surface area contributed by atoms with E-state index in [9.17, 15) is 24.3 Å². The molecule has 0 bridgehead atoms. The van der Waals surface area contributed by atoms with Gasteiger partial charge >= 0.3 is 5.97 Å². The summed E-state index contributed by atoms with van der Waals surface area (Å²) in [6, 6.07) is 3.57. The lowest BCUT2D eigenvalue weighted by Crippen LogP contribution is -2.57. The van der Waals surface area contributed by atoms with Crippen molar-refractivity contribution in [3.05, 3.63) is 36.0 Å². The Morgan fingerprint density at radius 1 is 0.930 bits per heavy atom. The number of nitrogens with zero attached hydrogens (tertiary/aromatic N) is 1. The van der Waals surface area contributed by atoms with Crippen molar-refractivity contribution in [2.24, 2.45) is 27.9 Å². The number of unbranched alkanes of at least 4 members (excludes halogenated alkanes) is 1. The van der Waals surface area contributed by atoms with E-state index in [4.69, 9.17) is 22.9 Å². The Labute approximate surface area is 255 Å². The normalized spacial score (nSPS) is 13.8. The molecule has 1 heterocycles. The maximum atomic E-state index is 13.4. The van der Waals surface area contributed by atoms with Crippen LogP contribution < -0.4 is 38.9 Å². The summed E-state index contributed by atoms with van der Waals surface area (Å²) in [4.78, 5) is 58.4. The Balaban J connectivity index is 2.10. The first kappa shape index (κ1) is 35.4. The van der Waals surface area contributed by atoms with E-state index in [-0.39, 0.29) is 38.2 Å². The first-order chi connectivity index (χ1) is 20.6. The molecule has 0 radical (unpaired) electrons. The molecule has 1 aromatic carbocycles. The molecular formula is C28H45N9O5S. The number of carbonyl (C=O) groups excluding carboxylic acids is 3. The summed E-state index contributed by atoms with van der Waals surface area (Å²) >= 11 is 1.47. The number of fused-ring (bicyclic) bond motifs is 1. The van der Waals surface area contributed by atoms with E-state index in [1.165, 1.54) is 11.8 Å². The number of carbonyl (C=O) groups is 4. The van der Waals surface area contributed by atoms with Crippen molar-refractivity contribution in [3.8, 4) is 0 Å². The summed E-state index contributed by atoms with van der Waals surface area (Å²) in [5, 5.41) is 18.5. The van der Waals surface area contributed by atoms with E-state index in [2.05, 4.69) is 25.9 Å². The highest BCUT2D eigenvalue weighted by Crippen LogP contribution is 2.19. The van der Waals surface area contributed by atoms with E-state index in [1.807, 2.05) is 36.7 Å². The number of aromatic amines is 1. The molecule has 0 fully saturated rings. The molecule has 2 rings (SSSR count). The van der Waals surface area contributed by atoms with Crippen molar-refractivity contribution < 1.29 is 24.3 Å². The molecule has 0 saturated heterocycles. The molecule has 0 aliphatic rings. The van der Waals surface area contributed by atoms with Gasteiger partial charge in [0.25, 0.3) is 0 Å². The zero-order valence-corrected chi connectivity index (χ0v) is 25.3.